The van der Waals surface area contributed by atoms with Gasteiger partial charge < -0.3 is 9.84 Å². The summed E-state index contributed by atoms with van der Waals surface area (Å²) < 4.78 is 156. The molecule has 2 unspecified atom stereocenters. The van der Waals surface area contributed by atoms with Gasteiger partial charge in [-0.3, -0.25) is 0 Å². The number of aliphatic hydroxyl groups is 1. The quantitative estimate of drug-likeness (QED) is 0.541. The molecule has 15 heteroatoms. The van der Waals surface area contributed by atoms with Crippen LogP contribution in [-0.4, -0.2) is 52.9 Å². The van der Waals surface area contributed by atoms with Crippen molar-refractivity contribution < 1.29 is 67.3 Å². The summed E-state index contributed by atoms with van der Waals surface area (Å²) in [6.07, 6.45) is -27.9. The number of ether oxygens (including phenoxy) is 1. The molecule has 0 heterocycles. The maximum Gasteiger partial charge on any atom is 0.432 e. The zero-order valence-corrected chi connectivity index (χ0v) is 12.6. The molecule has 0 rings (SSSR count). The second-order valence-corrected chi connectivity index (χ2v) is 5.21. The topological polar surface area (TPSA) is 46.5 Å². The Hall–Kier alpha value is -1.41. The number of rotatable bonds is 5. The Morgan fingerprint density at radius 3 is 1.46 bits per heavy atom. The average molecular weight is 418 g/mol. The zero-order valence-electron chi connectivity index (χ0n) is 12.6. The molecule has 0 aromatic rings. The molecule has 0 saturated carbocycles. The predicted molar refractivity (Wildman–Crippen MR) is 57.7 cm³/mol. The van der Waals surface area contributed by atoms with E-state index >= 15 is 0 Å². The van der Waals surface area contributed by atoms with Crippen LogP contribution in [0.2, 0.25) is 0 Å². The van der Waals surface area contributed by atoms with Crippen LogP contribution < -0.4 is 0 Å². The third kappa shape index (κ3) is 4.11. The van der Waals surface area contributed by atoms with Crippen LogP contribution in [0.1, 0.15) is 20.3 Å². The van der Waals surface area contributed by atoms with Gasteiger partial charge in [-0.15, -0.1) is 0 Å². The minimum atomic E-state index is -7.37. The van der Waals surface area contributed by atoms with Gasteiger partial charge in [0.25, 0.3) is 6.10 Å². The highest BCUT2D eigenvalue weighted by Gasteiger charge is 2.87. The van der Waals surface area contributed by atoms with Crippen molar-refractivity contribution >= 4 is 5.97 Å². The van der Waals surface area contributed by atoms with Gasteiger partial charge >= 0.3 is 36.0 Å². The van der Waals surface area contributed by atoms with E-state index in [1.165, 1.54) is 0 Å². The van der Waals surface area contributed by atoms with Crippen LogP contribution in [0, 0.1) is 0 Å². The Labute approximate surface area is 136 Å². The molecule has 1 N–H and O–H groups in total. The highest BCUT2D eigenvalue weighted by molar-refractivity contribution is 5.79. The van der Waals surface area contributed by atoms with E-state index < -0.39 is 54.2 Å². The summed E-state index contributed by atoms with van der Waals surface area (Å²) in [5, 5.41) is 8.53. The predicted octanol–water partition coefficient (Wildman–Crippen LogP) is 4.09. The summed E-state index contributed by atoms with van der Waals surface area (Å²) >= 11 is 0. The first-order chi connectivity index (χ1) is 11.1. The maximum absolute atomic E-state index is 13.7. The van der Waals surface area contributed by atoms with Gasteiger partial charge in [0, 0.05) is 0 Å². The average Bonchev–Trinajstić information content (AvgIpc) is 2.39. The molecule has 0 saturated heterocycles. The summed E-state index contributed by atoms with van der Waals surface area (Å²) in [5.41, 5.74) is -10.7. The van der Waals surface area contributed by atoms with E-state index in [0.717, 1.165) is 6.92 Å². The second kappa shape index (κ2) is 6.64. The fraction of sp³-hybridized carbons (Fsp3) is 0.909. The van der Waals surface area contributed by atoms with Crippen molar-refractivity contribution in [3.05, 3.63) is 0 Å². The molecular weight excluding hydrogens is 408 g/mol. The van der Waals surface area contributed by atoms with Gasteiger partial charge in [-0.1, -0.05) is 6.92 Å². The van der Waals surface area contributed by atoms with Gasteiger partial charge in [-0.2, -0.15) is 48.3 Å². The van der Waals surface area contributed by atoms with Crippen molar-refractivity contribution in [2.75, 3.05) is 0 Å². The molecule has 0 amide bonds. The normalized spacial score (nSPS) is 18.3. The fourth-order valence-electron chi connectivity index (χ4n) is 1.45. The van der Waals surface area contributed by atoms with Gasteiger partial charge in [0.05, 0.1) is 0 Å². The zero-order chi connectivity index (χ0) is 21.6. The van der Waals surface area contributed by atoms with E-state index in [1.807, 2.05) is 0 Å². The summed E-state index contributed by atoms with van der Waals surface area (Å²) in [5.74, 6) is -10.0. The van der Waals surface area contributed by atoms with Crippen molar-refractivity contribution in [2.24, 2.45) is 0 Å². The number of esters is 1. The molecule has 0 radical (unpaired) electrons. The van der Waals surface area contributed by atoms with Crippen LogP contribution in [0.5, 0.6) is 0 Å². The number of carbonyl (C=O) groups is 1. The standard InChI is InChI=1S/C11H10F12O3/c1-3-6(2,12)5(24)26-4(8(15,16)17)7(13,14)9(25,10(18,19)20)11(21,22)23/h4,25H,3H2,1-2H3. The van der Waals surface area contributed by atoms with Crippen LogP contribution in [0.25, 0.3) is 0 Å². The fourth-order valence-corrected chi connectivity index (χ4v) is 1.45. The lowest BCUT2D eigenvalue weighted by atomic mass is 9.89. The van der Waals surface area contributed by atoms with Crippen LogP contribution in [0.3, 0.4) is 0 Å². The van der Waals surface area contributed by atoms with Crippen molar-refractivity contribution in [1.82, 2.24) is 0 Å². The lowest BCUT2D eigenvalue weighted by molar-refractivity contribution is -0.445. The molecule has 0 aliphatic heterocycles. The number of alkyl halides is 12. The second-order valence-electron chi connectivity index (χ2n) is 5.21. The Morgan fingerprint density at radius 2 is 1.23 bits per heavy atom. The Bertz CT molecular complexity index is 502. The first-order valence-corrected chi connectivity index (χ1v) is 6.27. The van der Waals surface area contributed by atoms with E-state index in [-0.39, 0.29) is 6.92 Å². The first kappa shape index (κ1) is 24.6. The molecule has 2 atom stereocenters. The molecule has 0 aliphatic rings. The third-order valence-corrected chi connectivity index (χ3v) is 3.24. The monoisotopic (exact) mass is 418 g/mol. The number of halogens is 12. The molecular formula is C11H10F12O3. The first-order valence-electron chi connectivity index (χ1n) is 6.27. The van der Waals surface area contributed by atoms with Crippen LogP contribution in [-0.2, 0) is 9.53 Å². The summed E-state index contributed by atoms with van der Waals surface area (Å²) in [7, 11) is 0. The third-order valence-electron chi connectivity index (χ3n) is 3.24. The van der Waals surface area contributed by atoms with Crippen molar-refractivity contribution in [3.8, 4) is 0 Å². The Balaban J connectivity index is 6.45. The molecule has 0 aliphatic carbocycles. The van der Waals surface area contributed by atoms with Gasteiger partial charge in [-0.25, -0.2) is 9.18 Å². The molecule has 0 spiro atoms. The van der Waals surface area contributed by atoms with Crippen molar-refractivity contribution in [3.63, 3.8) is 0 Å². The van der Waals surface area contributed by atoms with Crippen LogP contribution in [0.4, 0.5) is 52.7 Å². The largest absolute Gasteiger partial charge is 0.444 e. The maximum atomic E-state index is 13.7. The lowest BCUT2D eigenvalue weighted by Gasteiger charge is -2.41. The highest BCUT2D eigenvalue weighted by Crippen LogP contribution is 2.55. The molecule has 0 bridgehead atoms. The van der Waals surface area contributed by atoms with Crippen molar-refractivity contribution in [1.29, 1.82) is 0 Å². The molecule has 0 aromatic heterocycles. The minimum Gasteiger partial charge on any atom is -0.444 e. The van der Waals surface area contributed by atoms with Gasteiger partial charge in [-0.05, 0) is 13.3 Å². The van der Waals surface area contributed by atoms with Gasteiger partial charge in [0.15, 0.2) is 0 Å². The molecule has 26 heavy (non-hydrogen) atoms. The molecule has 0 fully saturated rings. The van der Waals surface area contributed by atoms with Gasteiger partial charge in [0.1, 0.15) is 0 Å². The van der Waals surface area contributed by atoms with E-state index in [2.05, 4.69) is 4.74 Å². The smallest absolute Gasteiger partial charge is 0.432 e. The summed E-state index contributed by atoms with van der Waals surface area (Å²) in [4.78, 5) is 11.2. The minimum absolute atomic E-state index is 0.195. The van der Waals surface area contributed by atoms with E-state index in [9.17, 15) is 57.5 Å². The Morgan fingerprint density at radius 1 is 0.885 bits per heavy atom. The van der Waals surface area contributed by atoms with Crippen LogP contribution >= 0.6 is 0 Å². The lowest BCUT2D eigenvalue weighted by Crippen LogP contribution is -2.73. The Kier molecular flexibility index (Phi) is 6.28. The summed E-state index contributed by atoms with van der Waals surface area (Å²) in [6.45, 7) is 0.990. The van der Waals surface area contributed by atoms with E-state index in [1.54, 1.807) is 0 Å². The van der Waals surface area contributed by atoms with Gasteiger partial charge in [0.2, 0.25) is 5.67 Å². The van der Waals surface area contributed by atoms with E-state index in [4.69, 9.17) is 5.11 Å². The number of hydrogen-bond donors (Lipinski definition) is 1. The SMILES string of the molecule is CCC(C)(F)C(=O)OC(C(F)(F)F)C(F)(F)C(O)(C(F)(F)F)C(F)(F)F. The van der Waals surface area contributed by atoms with Crippen molar-refractivity contribution in [2.45, 2.75) is 62.1 Å². The molecule has 156 valence electrons. The van der Waals surface area contributed by atoms with E-state index in [0.29, 0.717) is 0 Å². The highest BCUT2D eigenvalue weighted by atomic mass is 19.4. The number of hydrogen-bond acceptors (Lipinski definition) is 3. The molecule has 0 aromatic carbocycles. The molecule has 3 nitrogen and oxygen atoms in total. The number of carbonyl (C=O) groups excluding carboxylic acids is 1. The summed E-state index contributed by atoms with van der Waals surface area (Å²) in [6, 6.07) is 0. The van der Waals surface area contributed by atoms with Crippen LogP contribution in [0.15, 0.2) is 0 Å².